The molecule has 2 atom stereocenters. The number of benzene rings is 1. The zero-order chi connectivity index (χ0) is 20.1. The molecule has 1 rings (SSSR count). The number of carbonyl (C=O) groups is 3. The predicted molar refractivity (Wildman–Crippen MR) is 107 cm³/mol. The molecule has 4 N–H and O–H groups in total. The molecule has 0 heterocycles. The van der Waals surface area contributed by atoms with Crippen molar-refractivity contribution in [2.75, 3.05) is 12.0 Å². The number of rotatable bonds is 12. The van der Waals surface area contributed by atoms with Gasteiger partial charge in [0.1, 0.15) is 18.7 Å². The molecule has 0 bridgehead atoms. The van der Waals surface area contributed by atoms with Crippen LogP contribution in [-0.4, -0.2) is 42.0 Å². The number of ether oxygens (including phenoxy) is 1. The van der Waals surface area contributed by atoms with E-state index in [0.29, 0.717) is 18.6 Å². The smallest absolute Gasteiger partial charge is 0.408 e. The van der Waals surface area contributed by atoms with Gasteiger partial charge in [0.2, 0.25) is 11.8 Å². The Bertz CT molecular complexity index is 598. The molecule has 0 aliphatic carbocycles. The van der Waals surface area contributed by atoms with Gasteiger partial charge in [-0.05, 0) is 30.4 Å². The van der Waals surface area contributed by atoms with Gasteiger partial charge in [-0.3, -0.25) is 9.59 Å². The van der Waals surface area contributed by atoms with Gasteiger partial charge in [0.05, 0.1) is 0 Å². The molecular formula is C19H29N3O4S. The highest BCUT2D eigenvalue weighted by molar-refractivity contribution is 7.98. The van der Waals surface area contributed by atoms with Crippen LogP contribution >= 0.6 is 11.8 Å². The van der Waals surface area contributed by atoms with Gasteiger partial charge in [0, 0.05) is 0 Å². The lowest BCUT2D eigenvalue weighted by molar-refractivity contribution is -0.128. The van der Waals surface area contributed by atoms with Crippen molar-refractivity contribution in [2.45, 2.75) is 51.3 Å². The van der Waals surface area contributed by atoms with Crippen molar-refractivity contribution >= 4 is 29.7 Å². The first-order chi connectivity index (χ1) is 13.0. The average Bonchev–Trinajstić information content (AvgIpc) is 2.67. The second-order valence-electron chi connectivity index (χ2n) is 6.15. The Morgan fingerprint density at radius 3 is 2.41 bits per heavy atom. The standard InChI is InChI=1S/C19H29N3O4S/c1-3-4-10-16(18(24)21-15(17(20)23)11-12-27-2)22-19(25)26-13-14-8-6-5-7-9-14/h5-9,15-16H,3-4,10-13H2,1-2H3,(H2,20,23)(H,21,24)(H,22,25). The summed E-state index contributed by atoms with van der Waals surface area (Å²) in [6, 6.07) is 7.75. The molecule has 0 spiro atoms. The van der Waals surface area contributed by atoms with E-state index in [1.165, 1.54) is 0 Å². The van der Waals surface area contributed by atoms with Gasteiger partial charge >= 0.3 is 6.09 Å². The second kappa shape index (κ2) is 13.0. The average molecular weight is 396 g/mol. The Kier molecular flexibility index (Phi) is 11.0. The lowest BCUT2D eigenvalue weighted by Crippen LogP contribution is -2.53. The van der Waals surface area contributed by atoms with Crippen molar-refractivity contribution in [3.05, 3.63) is 35.9 Å². The Labute approximate surface area is 164 Å². The van der Waals surface area contributed by atoms with Crippen molar-refractivity contribution in [3.63, 3.8) is 0 Å². The van der Waals surface area contributed by atoms with Gasteiger partial charge in [-0.2, -0.15) is 11.8 Å². The Morgan fingerprint density at radius 1 is 1.11 bits per heavy atom. The fourth-order valence-corrected chi connectivity index (χ4v) is 2.85. The summed E-state index contributed by atoms with van der Waals surface area (Å²) in [5, 5.41) is 5.23. The van der Waals surface area contributed by atoms with Crippen LogP contribution in [0.25, 0.3) is 0 Å². The Morgan fingerprint density at radius 2 is 1.81 bits per heavy atom. The van der Waals surface area contributed by atoms with Crippen molar-refractivity contribution in [1.82, 2.24) is 10.6 Å². The predicted octanol–water partition coefficient (Wildman–Crippen LogP) is 2.19. The van der Waals surface area contributed by atoms with Crippen LogP contribution in [0, 0.1) is 0 Å². The highest BCUT2D eigenvalue weighted by Gasteiger charge is 2.25. The van der Waals surface area contributed by atoms with Crippen LogP contribution in [0.1, 0.15) is 38.2 Å². The van der Waals surface area contributed by atoms with Gasteiger partial charge in [0.15, 0.2) is 0 Å². The third-order valence-corrected chi connectivity index (χ3v) is 4.58. The minimum atomic E-state index is -0.774. The summed E-state index contributed by atoms with van der Waals surface area (Å²) in [6.07, 6.45) is 3.76. The van der Waals surface area contributed by atoms with Crippen LogP contribution in [0.2, 0.25) is 0 Å². The molecule has 7 nitrogen and oxygen atoms in total. The number of nitrogens with two attached hydrogens (primary N) is 1. The third-order valence-electron chi connectivity index (χ3n) is 3.94. The van der Waals surface area contributed by atoms with Crippen molar-refractivity contribution < 1.29 is 19.1 Å². The van der Waals surface area contributed by atoms with Crippen molar-refractivity contribution in [1.29, 1.82) is 0 Å². The molecule has 0 fully saturated rings. The Hall–Kier alpha value is -2.22. The number of hydrogen-bond donors (Lipinski definition) is 3. The molecule has 3 amide bonds. The quantitative estimate of drug-likeness (QED) is 0.502. The topological polar surface area (TPSA) is 111 Å². The SMILES string of the molecule is CCCCC(NC(=O)OCc1ccccc1)C(=O)NC(CCSC)C(N)=O. The van der Waals surface area contributed by atoms with E-state index in [-0.39, 0.29) is 6.61 Å². The molecule has 1 aromatic rings. The molecule has 0 radical (unpaired) electrons. The summed E-state index contributed by atoms with van der Waals surface area (Å²) >= 11 is 1.56. The number of alkyl carbamates (subject to hydrolysis) is 1. The number of amides is 3. The highest BCUT2D eigenvalue weighted by Crippen LogP contribution is 2.06. The van der Waals surface area contributed by atoms with Crippen LogP contribution in [0.4, 0.5) is 4.79 Å². The molecule has 0 aliphatic rings. The van der Waals surface area contributed by atoms with E-state index in [4.69, 9.17) is 10.5 Å². The minimum absolute atomic E-state index is 0.117. The van der Waals surface area contributed by atoms with Gasteiger partial charge in [0.25, 0.3) is 0 Å². The van der Waals surface area contributed by atoms with Crippen molar-refractivity contribution in [3.8, 4) is 0 Å². The first-order valence-electron chi connectivity index (χ1n) is 9.03. The van der Waals surface area contributed by atoms with Gasteiger partial charge in [-0.15, -0.1) is 0 Å². The van der Waals surface area contributed by atoms with Crippen LogP contribution in [0.5, 0.6) is 0 Å². The van der Waals surface area contributed by atoms with Crippen LogP contribution in [-0.2, 0) is 20.9 Å². The number of primary amides is 1. The maximum atomic E-state index is 12.5. The lowest BCUT2D eigenvalue weighted by Gasteiger charge is -2.21. The molecule has 0 saturated carbocycles. The number of unbranched alkanes of at least 4 members (excludes halogenated alkanes) is 1. The number of thioether (sulfide) groups is 1. The normalized spacial score (nSPS) is 12.7. The maximum Gasteiger partial charge on any atom is 0.408 e. The monoisotopic (exact) mass is 395 g/mol. The maximum absolute atomic E-state index is 12.5. The summed E-state index contributed by atoms with van der Waals surface area (Å²) in [7, 11) is 0. The van der Waals surface area contributed by atoms with E-state index >= 15 is 0 Å². The first kappa shape index (κ1) is 22.8. The highest BCUT2D eigenvalue weighted by atomic mass is 32.2. The van der Waals surface area contributed by atoms with E-state index in [0.717, 1.165) is 18.4 Å². The zero-order valence-corrected chi connectivity index (χ0v) is 16.7. The summed E-state index contributed by atoms with van der Waals surface area (Å²) in [6.45, 7) is 2.11. The number of nitrogens with one attached hydrogen (secondary N) is 2. The fraction of sp³-hybridized carbons (Fsp3) is 0.526. The summed E-state index contributed by atoms with van der Waals surface area (Å²) in [5.74, 6) is -0.316. The van der Waals surface area contributed by atoms with Gasteiger partial charge < -0.3 is 21.1 Å². The lowest BCUT2D eigenvalue weighted by atomic mass is 10.1. The molecule has 1 aromatic carbocycles. The Balaban J connectivity index is 2.62. The molecule has 0 saturated heterocycles. The van der Waals surface area contributed by atoms with Crippen LogP contribution in [0.15, 0.2) is 30.3 Å². The molecule has 2 unspecified atom stereocenters. The van der Waals surface area contributed by atoms with E-state index in [2.05, 4.69) is 10.6 Å². The van der Waals surface area contributed by atoms with Gasteiger partial charge in [-0.1, -0.05) is 50.1 Å². The summed E-state index contributed by atoms with van der Waals surface area (Å²) < 4.78 is 5.18. The fourth-order valence-electron chi connectivity index (χ4n) is 2.38. The third kappa shape index (κ3) is 9.33. The van der Waals surface area contributed by atoms with E-state index in [1.807, 2.05) is 43.5 Å². The van der Waals surface area contributed by atoms with E-state index in [1.54, 1.807) is 11.8 Å². The van der Waals surface area contributed by atoms with Crippen molar-refractivity contribution in [2.24, 2.45) is 5.73 Å². The molecule has 8 heteroatoms. The molecule has 0 aliphatic heterocycles. The minimum Gasteiger partial charge on any atom is -0.445 e. The van der Waals surface area contributed by atoms with E-state index < -0.39 is 30.0 Å². The van der Waals surface area contributed by atoms with Gasteiger partial charge in [-0.25, -0.2) is 4.79 Å². The second-order valence-corrected chi connectivity index (χ2v) is 7.13. The van der Waals surface area contributed by atoms with Crippen LogP contribution in [0.3, 0.4) is 0 Å². The summed E-state index contributed by atoms with van der Waals surface area (Å²) in [5.41, 5.74) is 6.22. The number of hydrogen-bond acceptors (Lipinski definition) is 5. The molecule has 27 heavy (non-hydrogen) atoms. The molecular weight excluding hydrogens is 366 g/mol. The van der Waals surface area contributed by atoms with Crippen LogP contribution < -0.4 is 16.4 Å². The zero-order valence-electron chi connectivity index (χ0n) is 15.9. The molecule has 0 aromatic heterocycles. The molecule has 150 valence electrons. The summed E-state index contributed by atoms with van der Waals surface area (Å²) in [4.78, 5) is 36.2. The number of carbonyl (C=O) groups excluding carboxylic acids is 3. The largest absolute Gasteiger partial charge is 0.445 e. The van der Waals surface area contributed by atoms with E-state index in [9.17, 15) is 14.4 Å². The first-order valence-corrected chi connectivity index (χ1v) is 10.4.